The molecule has 0 fully saturated rings. The molecular weight excluding hydrogens is 343 g/mol. The van der Waals surface area contributed by atoms with Crippen molar-refractivity contribution in [2.45, 2.75) is 18.4 Å². The van der Waals surface area contributed by atoms with Gasteiger partial charge in [-0.1, -0.05) is 0 Å². The Morgan fingerprint density at radius 3 is 2.64 bits per heavy atom. The summed E-state index contributed by atoms with van der Waals surface area (Å²) in [5, 5.41) is 4.11. The maximum absolute atomic E-state index is 13.3. The van der Waals surface area contributed by atoms with Crippen molar-refractivity contribution in [2.75, 3.05) is 0 Å². The van der Waals surface area contributed by atoms with Gasteiger partial charge in [-0.3, -0.25) is 9.67 Å². The van der Waals surface area contributed by atoms with Crippen LogP contribution in [0.3, 0.4) is 0 Å². The zero-order chi connectivity index (χ0) is 18.0. The third kappa shape index (κ3) is 3.92. The zero-order valence-corrected chi connectivity index (χ0v) is 14.6. The normalized spacial score (nSPS) is 11.6. The third-order valence-corrected chi connectivity index (χ3v) is 5.14. The summed E-state index contributed by atoms with van der Waals surface area (Å²) in [5.74, 6) is -0.438. The third-order valence-electron chi connectivity index (χ3n) is 3.74. The molecule has 0 aliphatic rings. The van der Waals surface area contributed by atoms with Crippen LogP contribution >= 0.6 is 0 Å². The first kappa shape index (κ1) is 17.2. The molecule has 130 valence electrons. The molecule has 0 spiro atoms. The lowest BCUT2D eigenvalue weighted by atomic mass is 10.1. The number of hydrogen-bond donors (Lipinski definition) is 1. The topological polar surface area (TPSA) is 76.9 Å². The smallest absolute Gasteiger partial charge is 0.240 e. The number of rotatable bonds is 5. The summed E-state index contributed by atoms with van der Waals surface area (Å²) in [7, 11) is -1.91. The molecule has 0 atom stereocenters. The van der Waals surface area contributed by atoms with Crippen molar-refractivity contribution < 1.29 is 12.8 Å². The van der Waals surface area contributed by atoms with Crippen LogP contribution < -0.4 is 4.72 Å². The van der Waals surface area contributed by atoms with Crippen LogP contribution in [0, 0.1) is 12.7 Å². The molecule has 0 bridgehead atoms. The summed E-state index contributed by atoms with van der Waals surface area (Å²) < 4.78 is 42.2. The Bertz CT molecular complexity index is 1010. The Morgan fingerprint density at radius 1 is 1.16 bits per heavy atom. The van der Waals surface area contributed by atoms with E-state index in [0.29, 0.717) is 5.56 Å². The number of aryl methyl sites for hydroxylation is 2. The van der Waals surface area contributed by atoms with Crippen molar-refractivity contribution in [3.8, 4) is 11.1 Å². The maximum atomic E-state index is 13.3. The van der Waals surface area contributed by atoms with Gasteiger partial charge in [0.1, 0.15) is 5.82 Å². The first-order valence-corrected chi connectivity index (χ1v) is 9.02. The van der Waals surface area contributed by atoms with Gasteiger partial charge >= 0.3 is 0 Å². The predicted molar refractivity (Wildman–Crippen MR) is 91.6 cm³/mol. The molecule has 6 nitrogen and oxygen atoms in total. The lowest BCUT2D eigenvalue weighted by molar-refractivity contribution is 0.579. The number of nitrogens with one attached hydrogen (secondary N) is 1. The molecule has 0 aliphatic carbocycles. The van der Waals surface area contributed by atoms with E-state index >= 15 is 0 Å². The maximum Gasteiger partial charge on any atom is 0.240 e. The van der Waals surface area contributed by atoms with Crippen LogP contribution in [0.4, 0.5) is 4.39 Å². The van der Waals surface area contributed by atoms with Gasteiger partial charge in [-0.25, -0.2) is 17.5 Å². The molecule has 0 aliphatic heterocycles. The molecule has 2 heterocycles. The number of benzene rings is 1. The van der Waals surface area contributed by atoms with Crippen LogP contribution in [0.15, 0.2) is 53.9 Å². The molecule has 0 saturated heterocycles. The summed E-state index contributed by atoms with van der Waals surface area (Å²) in [6, 6.07) is 5.55. The largest absolute Gasteiger partial charge is 0.275 e. The van der Waals surface area contributed by atoms with E-state index < -0.39 is 15.8 Å². The monoisotopic (exact) mass is 360 g/mol. The number of hydrogen-bond acceptors (Lipinski definition) is 4. The second kappa shape index (κ2) is 6.73. The molecule has 0 amide bonds. The highest BCUT2D eigenvalue weighted by Gasteiger charge is 2.15. The number of pyridine rings is 1. The lowest BCUT2D eigenvalue weighted by Crippen LogP contribution is -2.23. The van der Waals surface area contributed by atoms with Crippen molar-refractivity contribution in [3.63, 3.8) is 0 Å². The van der Waals surface area contributed by atoms with E-state index in [1.165, 1.54) is 19.1 Å². The second-order valence-electron chi connectivity index (χ2n) is 5.72. The van der Waals surface area contributed by atoms with Crippen LogP contribution in [0.2, 0.25) is 0 Å². The molecule has 3 aromatic rings. The number of sulfonamides is 1. The number of nitrogens with zero attached hydrogens (tertiary/aromatic N) is 3. The molecular formula is C17H17FN4O2S. The van der Waals surface area contributed by atoms with Gasteiger partial charge in [0, 0.05) is 43.3 Å². The standard InChI is InChI=1S/C17H17FN4O2S/c1-12-5-16(3-4-17(12)18)25(23,24)21-8-13-6-14(9-19-7-13)15-10-20-22(2)11-15/h3-7,9-11,21H,8H2,1-2H3. The summed E-state index contributed by atoms with van der Waals surface area (Å²) >= 11 is 0. The van der Waals surface area contributed by atoms with Crippen molar-refractivity contribution >= 4 is 10.0 Å². The van der Waals surface area contributed by atoms with Crippen LogP contribution in [-0.2, 0) is 23.6 Å². The van der Waals surface area contributed by atoms with Crippen LogP contribution in [-0.4, -0.2) is 23.2 Å². The lowest BCUT2D eigenvalue weighted by Gasteiger charge is -2.08. The summed E-state index contributed by atoms with van der Waals surface area (Å²) in [5.41, 5.74) is 2.74. The Balaban J connectivity index is 1.78. The van der Waals surface area contributed by atoms with E-state index in [9.17, 15) is 12.8 Å². The van der Waals surface area contributed by atoms with Crippen molar-refractivity contribution in [2.24, 2.45) is 7.05 Å². The van der Waals surface area contributed by atoms with Gasteiger partial charge in [-0.05, 0) is 42.3 Å². The van der Waals surface area contributed by atoms with E-state index in [4.69, 9.17) is 0 Å². The Hall–Kier alpha value is -2.58. The highest BCUT2D eigenvalue weighted by molar-refractivity contribution is 7.89. The van der Waals surface area contributed by atoms with Crippen LogP contribution in [0.1, 0.15) is 11.1 Å². The summed E-state index contributed by atoms with van der Waals surface area (Å²) in [6.45, 7) is 1.61. The molecule has 1 aromatic carbocycles. The van der Waals surface area contributed by atoms with Gasteiger partial charge in [-0.15, -0.1) is 0 Å². The fourth-order valence-electron chi connectivity index (χ4n) is 2.36. The number of halogens is 1. The van der Waals surface area contributed by atoms with E-state index in [1.807, 2.05) is 19.3 Å². The minimum atomic E-state index is -3.73. The second-order valence-corrected chi connectivity index (χ2v) is 7.49. The Kier molecular flexibility index (Phi) is 4.65. The van der Waals surface area contributed by atoms with Crippen molar-refractivity contribution in [3.05, 3.63) is 66.0 Å². The average Bonchev–Trinajstić information content (AvgIpc) is 3.02. The zero-order valence-electron chi connectivity index (χ0n) is 13.8. The van der Waals surface area contributed by atoms with Crippen molar-refractivity contribution in [1.82, 2.24) is 19.5 Å². The molecule has 8 heteroatoms. The summed E-state index contributed by atoms with van der Waals surface area (Å²) in [6.07, 6.45) is 6.86. The van der Waals surface area contributed by atoms with Gasteiger partial charge < -0.3 is 0 Å². The first-order valence-electron chi connectivity index (χ1n) is 7.54. The van der Waals surface area contributed by atoms with E-state index in [-0.39, 0.29) is 17.0 Å². The highest BCUT2D eigenvalue weighted by atomic mass is 32.2. The molecule has 0 radical (unpaired) electrons. The fraction of sp³-hybridized carbons (Fsp3) is 0.176. The first-order chi connectivity index (χ1) is 11.8. The number of aromatic nitrogens is 3. The van der Waals surface area contributed by atoms with Gasteiger partial charge in [0.05, 0.1) is 11.1 Å². The summed E-state index contributed by atoms with van der Waals surface area (Å²) in [4.78, 5) is 4.18. The van der Waals surface area contributed by atoms with Gasteiger partial charge in [0.25, 0.3) is 0 Å². The van der Waals surface area contributed by atoms with Crippen molar-refractivity contribution in [1.29, 1.82) is 0 Å². The molecule has 2 aromatic heterocycles. The average molecular weight is 360 g/mol. The Labute approximate surface area is 145 Å². The van der Waals surface area contributed by atoms with E-state index in [1.54, 1.807) is 23.3 Å². The van der Waals surface area contributed by atoms with Crippen LogP contribution in [0.5, 0.6) is 0 Å². The molecule has 0 unspecified atom stereocenters. The fourth-order valence-corrected chi connectivity index (χ4v) is 3.46. The van der Waals surface area contributed by atoms with Gasteiger partial charge in [0.15, 0.2) is 0 Å². The Morgan fingerprint density at radius 2 is 1.96 bits per heavy atom. The molecule has 25 heavy (non-hydrogen) atoms. The highest BCUT2D eigenvalue weighted by Crippen LogP contribution is 2.19. The molecule has 0 saturated carbocycles. The van der Waals surface area contributed by atoms with Gasteiger partial charge in [-0.2, -0.15) is 5.10 Å². The van der Waals surface area contributed by atoms with E-state index in [0.717, 1.165) is 17.2 Å². The quantitative estimate of drug-likeness (QED) is 0.758. The van der Waals surface area contributed by atoms with Crippen LogP contribution in [0.25, 0.3) is 11.1 Å². The minimum Gasteiger partial charge on any atom is -0.275 e. The predicted octanol–water partition coefficient (Wildman–Crippen LogP) is 2.41. The SMILES string of the molecule is Cc1cc(S(=O)(=O)NCc2cncc(-c3cnn(C)c3)c2)ccc1F. The molecule has 3 rings (SSSR count). The van der Waals surface area contributed by atoms with Gasteiger partial charge in [0.2, 0.25) is 10.0 Å². The minimum absolute atomic E-state index is 0.0303. The molecule has 1 N–H and O–H groups in total. The van der Waals surface area contributed by atoms with E-state index in [2.05, 4.69) is 14.8 Å².